The molecule has 0 amide bonds. The molecule has 0 bridgehead atoms. The topological polar surface area (TPSA) is 54.9 Å². The minimum absolute atomic E-state index is 0.00565. The summed E-state index contributed by atoms with van der Waals surface area (Å²) in [5.74, 6) is -0.430. The molecule has 6 heteroatoms. The maximum Gasteiger partial charge on any atom is 0.268 e. The maximum absolute atomic E-state index is 13.7. The van der Waals surface area contributed by atoms with E-state index in [1.165, 1.54) is 6.07 Å². The summed E-state index contributed by atoms with van der Waals surface area (Å²) in [6.07, 6.45) is 0. The standard InChI is InChI=1S/C13H12BrFN2O2/c1-7-8(2)13(19)17(16-12(7)18)6-9-3-4-10(14)5-11(9)15/h3-5H,6H2,1-2H3,(H,16,18). The van der Waals surface area contributed by atoms with Crippen LogP contribution in [0, 0.1) is 19.7 Å². The van der Waals surface area contributed by atoms with Gasteiger partial charge in [0.2, 0.25) is 0 Å². The third-order valence-electron chi connectivity index (χ3n) is 3.05. The van der Waals surface area contributed by atoms with Gasteiger partial charge in [0.1, 0.15) is 5.82 Å². The summed E-state index contributed by atoms with van der Waals surface area (Å²) in [6.45, 7) is 3.16. The summed E-state index contributed by atoms with van der Waals surface area (Å²) in [6, 6.07) is 4.57. The molecule has 1 aromatic carbocycles. The highest BCUT2D eigenvalue weighted by molar-refractivity contribution is 9.10. The van der Waals surface area contributed by atoms with Gasteiger partial charge in [0.15, 0.2) is 0 Å². The molecule has 0 radical (unpaired) electrons. The fraction of sp³-hybridized carbons (Fsp3) is 0.231. The van der Waals surface area contributed by atoms with Crippen molar-refractivity contribution in [1.29, 1.82) is 0 Å². The van der Waals surface area contributed by atoms with E-state index in [2.05, 4.69) is 21.0 Å². The van der Waals surface area contributed by atoms with Gasteiger partial charge >= 0.3 is 0 Å². The van der Waals surface area contributed by atoms with Gasteiger partial charge in [-0.05, 0) is 26.0 Å². The van der Waals surface area contributed by atoms with E-state index in [0.717, 1.165) is 4.68 Å². The Balaban J connectivity index is 2.50. The normalized spacial score (nSPS) is 10.7. The van der Waals surface area contributed by atoms with E-state index in [4.69, 9.17) is 0 Å². The Labute approximate surface area is 117 Å². The van der Waals surface area contributed by atoms with E-state index in [0.29, 0.717) is 21.2 Å². The van der Waals surface area contributed by atoms with Crippen LogP contribution in [0.1, 0.15) is 16.7 Å². The highest BCUT2D eigenvalue weighted by Crippen LogP contribution is 2.15. The molecule has 1 aromatic heterocycles. The molecule has 0 saturated heterocycles. The first-order valence-corrected chi connectivity index (χ1v) is 6.43. The lowest BCUT2D eigenvalue weighted by Crippen LogP contribution is -2.33. The van der Waals surface area contributed by atoms with E-state index in [-0.39, 0.29) is 17.7 Å². The van der Waals surface area contributed by atoms with E-state index >= 15 is 0 Å². The van der Waals surface area contributed by atoms with E-state index in [1.807, 2.05) is 0 Å². The summed E-state index contributed by atoms with van der Waals surface area (Å²) < 4.78 is 15.5. The van der Waals surface area contributed by atoms with Crippen molar-refractivity contribution in [2.24, 2.45) is 0 Å². The molecule has 0 unspecified atom stereocenters. The number of rotatable bonds is 2. The largest absolute Gasteiger partial charge is 0.268 e. The summed E-state index contributed by atoms with van der Waals surface area (Å²) in [4.78, 5) is 23.6. The van der Waals surface area contributed by atoms with Crippen LogP contribution in [-0.2, 0) is 6.54 Å². The molecule has 1 N–H and O–H groups in total. The van der Waals surface area contributed by atoms with Crippen LogP contribution in [0.5, 0.6) is 0 Å². The number of nitrogens with one attached hydrogen (secondary N) is 1. The van der Waals surface area contributed by atoms with Gasteiger partial charge < -0.3 is 0 Å². The van der Waals surface area contributed by atoms with Crippen LogP contribution in [-0.4, -0.2) is 9.78 Å². The predicted molar refractivity (Wildman–Crippen MR) is 74.0 cm³/mol. The molecule has 1 heterocycles. The minimum atomic E-state index is -0.430. The molecular weight excluding hydrogens is 315 g/mol. The summed E-state index contributed by atoms with van der Waals surface area (Å²) in [5, 5.41) is 2.45. The van der Waals surface area contributed by atoms with Crippen molar-refractivity contribution in [3.8, 4) is 0 Å². The molecule has 0 aliphatic heterocycles. The van der Waals surface area contributed by atoms with Crippen LogP contribution in [0.25, 0.3) is 0 Å². The van der Waals surface area contributed by atoms with Crippen LogP contribution in [0.15, 0.2) is 32.3 Å². The Morgan fingerprint density at radius 1 is 1.26 bits per heavy atom. The fourth-order valence-corrected chi connectivity index (χ4v) is 2.06. The number of H-pyrrole nitrogens is 1. The van der Waals surface area contributed by atoms with Crippen molar-refractivity contribution in [3.63, 3.8) is 0 Å². The SMILES string of the molecule is Cc1c(C)c(=O)n(Cc2ccc(Br)cc2F)[nH]c1=O. The lowest BCUT2D eigenvalue weighted by atomic mass is 10.2. The molecule has 0 aliphatic rings. The number of nitrogens with zero attached hydrogens (tertiary/aromatic N) is 1. The molecule has 19 heavy (non-hydrogen) atoms. The molecule has 4 nitrogen and oxygen atoms in total. The molecule has 0 spiro atoms. The summed E-state index contributed by atoms with van der Waals surface area (Å²) in [7, 11) is 0. The second-order valence-electron chi connectivity index (χ2n) is 4.32. The Morgan fingerprint density at radius 3 is 2.58 bits per heavy atom. The van der Waals surface area contributed by atoms with Crippen molar-refractivity contribution < 1.29 is 4.39 Å². The molecule has 100 valence electrons. The molecule has 0 atom stereocenters. The number of hydrogen-bond acceptors (Lipinski definition) is 2. The monoisotopic (exact) mass is 326 g/mol. The van der Waals surface area contributed by atoms with Gasteiger partial charge in [-0.25, -0.2) is 9.07 Å². The Hall–Kier alpha value is -1.69. The van der Waals surface area contributed by atoms with Crippen molar-refractivity contribution in [2.75, 3.05) is 0 Å². The smallest absolute Gasteiger partial charge is 0.268 e. The van der Waals surface area contributed by atoms with Gasteiger partial charge in [-0.3, -0.25) is 14.7 Å². The van der Waals surface area contributed by atoms with E-state index in [1.54, 1.807) is 26.0 Å². The highest BCUT2D eigenvalue weighted by Gasteiger charge is 2.10. The number of halogens is 2. The zero-order valence-corrected chi connectivity index (χ0v) is 12.0. The first kappa shape index (κ1) is 13.7. The van der Waals surface area contributed by atoms with Crippen LogP contribution in [0.3, 0.4) is 0 Å². The van der Waals surface area contributed by atoms with Gasteiger partial charge in [-0.15, -0.1) is 0 Å². The van der Waals surface area contributed by atoms with Crippen LogP contribution < -0.4 is 11.1 Å². The molecule has 0 saturated carbocycles. The van der Waals surface area contributed by atoms with Crippen molar-refractivity contribution in [2.45, 2.75) is 20.4 Å². The predicted octanol–water partition coefficient (Wildman–Crippen LogP) is 2.10. The number of aromatic nitrogens is 2. The van der Waals surface area contributed by atoms with Crippen LogP contribution >= 0.6 is 15.9 Å². The molecule has 2 rings (SSSR count). The average Bonchev–Trinajstić information content (AvgIpc) is 2.36. The van der Waals surface area contributed by atoms with Gasteiger partial charge in [-0.1, -0.05) is 22.0 Å². The lowest BCUT2D eigenvalue weighted by molar-refractivity contribution is 0.564. The molecule has 0 fully saturated rings. The van der Waals surface area contributed by atoms with E-state index in [9.17, 15) is 14.0 Å². The first-order valence-electron chi connectivity index (χ1n) is 5.64. The second-order valence-corrected chi connectivity index (χ2v) is 5.23. The Morgan fingerprint density at radius 2 is 1.95 bits per heavy atom. The lowest BCUT2D eigenvalue weighted by Gasteiger charge is -2.09. The van der Waals surface area contributed by atoms with Gasteiger partial charge in [-0.2, -0.15) is 0 Å². The first-order chi connectivity index (χ1) is 8.90. The Kier molecular flexibility index (Phi) is 3.71. The van der Waals surface area contributed by atoms with Gasteiger partial charge in [0, 0.05) is 21.2 Å². The maximum atomic E-state index is 13.7. The fourth-order valence-electron chi connectivity index (χ4n) is 1.72. The van der Waals surface area contributed by atoms with Crippen LogP contribution in [0.2, 0.25) is 0 Å². The highest BCUT2D eigenvalue weighted by atomic mass is 79.9. The van der Waals surface area contributed by atoms with Crippen LogP contribution in [0.4, 0.5) is 4.39 Å². The third kappa shape index (κ3) is 2.68. The molecular formula is C13H12BrFN2O2. The molecule has 0 aliphatic carbocycles. The number of aromatic amines is 1. The van der Waals surface area contributed by atoms with Crippen molar-refractivity contribution in [1.82, 2.24) is 9.78 Å². The minimum Gasteiger partial charge on any atom is -0.268 e. The summed E-state index contributed by atoms with van der Waals surface area (Å²) >= 11 is 3.16. The third-order valence-corrected chi connectivity index (χ3v) is 3.54. The summed E-state index contributed by atoms with van der Waals surface area (Å²) in [5.41, 5.74) is 0.442. The zero-order chi connectivity index (χ0) is 14.2. The van der Waals surface area contributed by atoms with Crippen molar-refractivity contribution >= 4 is 15.9 Å². The molecule has 2 aromatic rings. The second kappa shape index (κ2) is 5.13. The quantitative estimate of drug-likeness (QED) is 0.918. The van der Waals surface area contributed by atoms with E-state index < -0.39 is 5.82 Å². The Bertz CT molecular complexity index is 749. The van der Waals surface area contributed by atoms with Crippen molar-refractivity contribution in [3.05, 3.63) is 65.9 Å². The number of hydrogen-bond donors (Lipinski definition) is 1. The number of benzene rings is 1. The zero-order valence-electron chi connectivity index (χ0n) is 10.5. The van der Waals surface area contributed by atoms with Gasteiger partial charge in [0.05, 0.1) is 6.54 Å². The average molecular weight is 327 g/mol. The van der Waals surface area contributed by atoms with Gasteiger partial charge in [0.25, 0.3) is 11.1 Å².